The zero-order valence-electron chi connectivity index (χ0n) is 13.5. The van der Waals surface area contributed by atoms with E-state index in [1.807, 2.05) is 35.7 Å². The number of hydrogen-bond donors (Lipinski definition) is 2. The topological polar surface area (TPSA) is 88.8 Å². The van der Waals surface area contributed by atoms with Crippen LogP contribution < -0.4 is 5.32 Å². The van der Waals surface area contributed by atoms with E-state index in [2.05, 4.69) is 25.8 Å². The molecule has 0 bridgehead atoms. The summed E-state index contributed by atoms with van der Waals surface area (Å²) in [6.07, 6.45) is 0. The van der Waals surface area contributed by atoms with E-state index in [4.69, 9.17) is 0 Å². The van der Waals surface area contributed by atoms with E-state index in [9.17, 15) is 5.11 Å². The molecule has 2 aromatic heterocycles. The van der Waals surface area contributed by atoms with Crippen molar-refractivity contribution in [2.45, 2.75) is 10.9 Å². The number of hydrogen-bond acceptors (Lipinski definition) is 8. The number of rotatable bonds is 6. The number of aromatic nitrogens is 5. The zero-order chi connectivity index (χ0) is 17.8. The Balaban J connectivity index is 1.42. The fraction of sp³-hybridized carbons (Fsp3) is 0.0588. The normalized spacial score (nSPS) is 10.8. The van der Waals surface area contributed by atoms with E-state index in [-0.39, 0.29) is 5.75 Å². The summed E-state index contributed by atoms with van der Waals surface area (Å²) in [6, 6.07) is 16.7. The molecule has 9 heteroatoms. The summed E-state index contributed by atoms with van der Waals surface area (Å²) < 4.78 is 1.64. The van der Waals surface area contributed by atoms with Crippen LogP contribution in [0.15, 0.2) is 65.1 Å². The maximum atomic E-state index is 9.40. The number of para-hydroxylation sites is 1. The van der Waals surface area contributed by atoms with Gasteiger partial charge in [0.05, 0.1) is 11.4 Å². The van der Waals surface area contributed by atoms with Crippen LogP contribution in [0.25, 0.3) is 5.69 Å². The predicted molar refractivity (Wildman–Crippen MR) is 102 cm³/mol. The molecule has 0 aliphatic rings. The van der Waals surface area contributed by atoms with E-state index in [1.165, 1.54) is 11.8 Å². The Labute approximate surface area is 157 Å². The van der Waals surface area contributed by atoms with Crippen molar-refractivity contribution >= 4 is 33.9 Å². The van der Waals surface area contributed by atoms with Gasteiger partial charge in [0.25, 0.3) is 0 Å². The first-order chi connectivity index (χ1) is 12.8. The van der Waals surface area contributed by atoms with E-state index in [0.29, 0.717) is 10.9 Å². The minimum absolute atomic E-state index is 0.206. The van der Waals surface area contributed by atoms with Crippen LogP contribution in [0.3, 0.4) is 0 Å². The SMILES string of the molecule is Oc1ccc(-n2nnnc2SCc2csc(Nc3ccccc3)n2)cc1. The molecule has 0 unspecified atom stereocenters. The molecule has 0 aliphatic carbocycles. The van der Waals surface area contributed by atoms with E-state index < -0.39 is 0 Å². The fourth-order valence-electron chi connectivity index (χ4n) is 2.24. The second-order valence-electron chi connectivity index (χ2n) is 5.31. The van der Waals surface area contributed by atoms with Crippen LogP contribution in [0.4, 0.5) is 10.8 Å². The third-order valence-corrected chi connectivity index (χ3v) is 5.22. The zero-order valence-corrected chi connectivity index (χ0v) is 15.1. The molecule has 4 rings (SSSR count). The first-order valence-corrected chi connectivity index (χ1v) is 9.61. The van der Waals surface area contributed by atoms with Crippen LogP contribution in [0, 0.1) is 0 Å². The number of thioether (sulfide) groups is 1. The maximum Gasteiger partial charge on any atom is 0.214 e. The average Bonchev–Trinajstić information content (AvgIpc) is 3.31. The summed E-state index contributed by atoms with van der Waals surface area (Å²) in [6.45, 7) is 0. The van der Waals surface area contributed by atoms with Crippen molar-refractivity contribution in [2.75, 3.05) is 5.32 Å². The lowest BCUT2D eigenvalue weighted by Gasteiger charge is -2.03. The maximum absolute atomic E-state index is 9.40. The van der Waals surface area contributed by atoms with Crippen LogP contribution in [0.1, 0.15) is 5.69 Å². The second kappa shape index (κ2) is 7.54. The molecule has 4 aromatic rings. The molecule has 0 spiro atoms. The molecule has 0 saturated carbocycles. The van der Waals surface area contributed by atoms with Crippen molar-refractivity contribution < 1.29 is 5.11 Å². The van der Waals surface area contributed by atoms with Crippen molar-refractivity contribution in [2.24, 2.45) is 0 Å². The highest BCUT2D eigenvalue weighted by Gasteiger charge is 2.11. The Morgan fingerprint density at radius 2 is 1.88 bits per heavy atom. The number of phenolic OH excluding ortho intramolecular Hbond substituents is 1. The van der Waals surface area contributed by atoms with Crippen LogP contribution in [-0.2, 0) is 5.75 Å². The highest BCUT2D eigenvalue weighted by molar-refractivity contribution is 7.98. The van der Waals surface area contributed by atoms with Crippen LogP contribution in [0.5, 0.6) is 5.75 Å². The highest BCUT2D eigenvalue weighted by atomic mass is 32.2. The highest BCUT2D eigenvalue weighted by Crippen LogP contribution is 2.26. The molecule has 2 heterocycles. The van der Waals surface area contributed by atoms with Gasteiger partial charge in [-0.1, -0.05) is 30.0 Å². The lowest BCUT2D eigenvalue weighted by Crippen LogP contribution is -1.98. The average molecular weight is 382 g/mol. The number of aromatic hydroxyl groups is 1. The van der Waals surface area contributed by atoms with Gasteiger partial charge in [-0.2, -0.15) is 4.68 Å². The summed E-state index contributed by atoms with van der Waals surface area (Å²) in [5, 5.41) is 28.1. The quantitative estimate of drug-likeness (QED) is 0.490. The molecule has 0 amide bonds. The van der Waals surface area contributed by atoms with Crippen molar-refractivity contribution in [3.05, 3.63) is 65.7 Å². The second-order valence-corrected chi connectivity index (χ2v) is 7.11. The Morgan fingerprint density at radius 3 is 2.69 bits per heavy atom. The van der Waals surface area contributed by atoms with Gasteiger partial charge in [-0.05, 0) is 46.8 Å². The predicted octanol–water partition coefficient (Wildman–Crippen LogP) is 3.86. The van der Waals surface area contributed by atoms with Gasteiger partial charge in [0.15, 0.2) is 5.13 Å². The van der Waals surface area contributed by atoms with Gasteiger partial charge >= 0.3 is 0 Å². The number of phenols is 1. The summed E-state index contributed by atoms with van der Waals surface area (Å²) in [7, 11) is 0. The first-order valence-electron chi connectivity index (χ1n) is 7.75. The molecule has 0 aliphatic heterocycles. The molecule has 7 nitrogen and oxygen atoms in total. The number of anilines is 2. The van der Waals surface area contributed by atoms with Gasteiger partial charge < -0.3 is 10.4 Å². The molecular formula is C17H14N6OS2. The number of nitrogens with one attached hydrogen (secondary N) is 1. The smallest absolute Gasteiger partial charge is 0.214 e. The fourth-order valence-corrected chi connectivity index (χ4v) is 3.86. The van der Waals surface area contributed by atoms with Crippen molar-refractivity contribution in [3.63, 3.8) is 0 Å². The molecule has 2 N–H and O–H groups in total. The third kappa shape index (κ3) is 3.84. The number of thiazole rings is 1. The number of nitrogens with zero attached hydrogens (tertiary/aromatic N) is 5. The summed E-state index contributed by atoms with van der Waals surface area (Å²) in [5.41, 5.74) is 2.76. The van der Waals surface area contributed by atoms with E-state index in [1.54, 1.807) is 40.3 Å². The standard InChI is InChI=1S/C17H14N6OS2/c24-15-8-6-14(7-9-15)23-17(20-21-22-23)26-11-13-10-25-16(19-13)18-12-4-2-1-3-5-12/h1-10,24H,11H2,(H,18,19). The minimum Gasteiger partial charge on any atom is -0.508 e. The van der Waals surface area contributed by atoms with Gasteiger partial charge in [0.2, 0.25) is 5.16 Å². The molecule has 0 saturated heterocycles. The van der Waals surface area contributed by atoms with Crippen molar-refractivity contribution in [3.8, 4) is 11.4 Å². The van der Waals surface area contributed by atoms with Crippen molar-refractivity contribution in [1.82, 2.24) is 25.2 Å². The Kier molecular flexibility index (Phi) is 4.80. The van der Waals surface area contributed by atoms with E-state index in [0.717, 1.165) is 22.2 Å². The van der Waals surface area contributed by atoms with Crippen molar-refractivity contribution in [1.29, 1.82) is 0 Å². The minimum atomic E-state index is 0.206. The van der Waals surface area contributed by atoms with Gasteiger partial charge in [-0.25, -0.2) is 4.98 Å². The van der Waals surface area contributed by atoms with Gasteiger partial charge in [0.1, 0.15) is 5.75 Å². The van der Waals surface area contributed by atoms with E-state index >= 15 is 0 Å². The number of tetrazole rings is 1. The monoisotopic (exact) mass is 382 g/mol. The molecule has 26 heavy (non-hydrogen) atoms. The summed E-state index contributed by atoms with van der Waals surface area (Å²) in [5.74, 6) is 0.864. The molecular weight excluding hydrogens is 368 g/mol. The summed E-state index contributed by atoms with van der Waals surface area (Å²) in [4.78, 5) is 4.59. The molecule has 130 valence electrons. The Bertz CT molecular complexity index is 984. The van der Waals surface area contributed by atoms with Gasteiger partial charge in [0, 0.05) is 16.8 Å². The summed E-state index contributed by atoms with van der Waals surface area (Å²) >= 11 is 3.07. The largest absolute Gasteiger partial charge is 0.508 e. The molecule has 0 atom stereocenters. The Morgan fingerprint density at radius 1 is 1.08 bits per heavy atom. The molecule has 0 fully saturated rings. The molecule has 2 aromatic carbocycles. The lowest BCUT2D eigenvalue weighted by atomic mass is 10.3. The third-order valence-electron chi connectivity index (χ3n) is 3.46. The van der Waals surface area contributed by atoms with Gasteiger partial charge in [-0.15, -0.1) is 16.4 Å². The van der Waals surface area contributed by atoms with Crippen LogP contribution in [-0.4, -0.2) is 30.3 Å². The first kappa shape index (κ1) is 16.6. The number of benzene rings is 2. The van der Waals surface area contributed by atoms with Crippen LogP contribution in [0.2, 0.25) is 0 Å². The molecule has 0 radical (unpaired) electrons. The lowest BCUT2D eigenvalue weighted by molar-refractivity contribution is 0.475. The van der Waals surface area contributed by atoms with Gasteiger partial charge in [-0.3, -0.25) is 0 Å². The van der Waals surface area contributed by atoms with Crippen LogP contribution >= 0.6 is 23.1 Å². The Hall–Kier alpha value is -2.91.